The molecule has 1 aliphatic heterocycles. The van der Waals surface area contributed by atoms with Crippen LogP contribution >= 0.6 is 0 Å². The minimum atomic E-state index is -1.01. The lowest BCUT2D eigenvalue weighted by molar-refractivity contribution is 0.0690. The van der Waals surface area contributed by atoms with Crippen molar-refractivity contribution >= 4 is 23.0 Å². The number of aromatic carboxylic acids is 1. The van der Waals surface area contributed by atoms with Crippen molar-refractivity contribution in [3.8, 4) is 0 Å². The van der Waals surface area contributed by atoms with Crippen LogP contribution in [0.2, 0.25) is 0 Å². The van der Waals surface area contributed by atoms with Gasteiger partial charge in [-0.15, -0.1) is 0 Å². The first-order chi connectivity index (χ1) is 9.66. The Labute approximate surface area is 117 Å². The van der Waals surface area contributed by atoms with Crippen LogP contribution in [0.5, 0.6) is 0 Å². The maximum Gasteiger partial charge on any atom is 0.354 e. The fraction of sp³-hybridized carbons (Fsp3) is 0.200. The summed E-state index contributed by atoms with van der Waals surface area (Å²) < 4.78 is 0. The van der Waals surface area contributed by atoms with Gasteiger partial charge in [-0.1, -0.05) is 12.1 Å². The van der Waals surface area contributed by atoms with E-state index in [2.05, 4.69) is 27.9 Å². The van der Waals surface area contributed by atoms with Crippen LogP contribution in [0.4, 0.5) is 17.1 Å². The molecule has 0 amide bonds. The Morgan fingerprint density at radius 1 is 1.20 bits per heavy atom. The van der Waals surface area contributed by atoms with Crippen molar-refractivity contribution < 1.29 is 9.90 Å². The average Bonchev–Trinajstić information content (AvgIpc) is 2.48. The Bertz CT molecular complexity index is 657. The predicted octanol–water partition coefficient (Wildman–Crippen LogP) is 2.37. The smallest absolute Gasteiger partial charge is 0.354 e. The molecule has 0 unspecified atom stereocenters. The lowest BCUT2D eigenvalue weighted by Crippen LogP contribution is -2.36. The number of hydrogen-bond donors (Lipinski definition) is 1. The number of anilines is 3. The minimum absolute atomic E-state index is 0.0684. The molecule has 3 rings (SSSR count). The van der Waals surface area contributed by atoms with Crippen molar-refractivity contribution in [2.45, 2.75) is 0 Å². The molecule has 5 nitrogen and oxygen atoms in total. The number of aromatic nitrogens is 1. The molecule has 1 N–H and O–H groups in total. The van der Waals surface area contributed by atoms with Crippen molar-refractivity contribution in [2.24, 2.45) is 0 Å². The molecule has 0 atom stereocenters. The highest BCUT2D eigenvalue weighted by Gasteiger charge is 2.21. The third-order valence-electron chi connectivity index (χ3n) is 3.52. The van der Waals surface area contributed by atoms with E-state index in [0.717, 1.165) is 30.2 Å². The van der Waals surface area contributed by atoms with Crippen molar-refractivity contribution in [3.05, 3.63) is 48.3 Å². The van der Waals surface area contributed by atoms with Crippen LogP contribution in [0.3, 0.4) is 0 Å². The molecule has 102 valence electrons. The number of rotatable bonds is 2. The van der Waals surface area contributed by atoms with Gasteiger partial charge in [0.25, 0.3) is 0 Å². The van der Waals surface area contributed by atoms with Gasteiger partial charge in [-0.2, -0.15) is 0 Å². The van der Waals surface area contributed by atoms with Crippen molar-refractivity contribution in [1.29, 1.82) is 0 Å². The SMILES string of the molecule is CN1CCN(c2ccnc(C(=O)O)c2)c2ccccc21. The largest absolute Gasteiger partial charge is 0.477 e. The van der Waals surface area contributed by atoms with E-state index in [1.807, 2.05) is 24.3 Å². The molecule has 20 heavy (non-hydrogen) atoms. The molecule has 1 aliphatic rings. The predicted molar refractivity (Wildman–Crippen MR) is 77.9 cm³/mol. The number of carbonyl (C=O) groups is 1. The number of hydrogen-bond acceptors (Lipinski definition) is 4. The maximum absolute atomic E-state index is 11.0. The van der Waals surface area contributed by atoms with Gasteiger partial charge in [0, 0.05) is 32.0 Å². The average molecular weight is 269 g/mol. The van der Waals surface area contributed by atoms with E-state index in [4.69, 9.17) is 5.11 Å². The molecular weight excluding hydrogens is 254 g/mol. The van der Waals surface area contributed by atoms with Gasteiger partial charge in [-0.05, 0) is 24.3 Å². The molecule has 1 aromatic carbocycles. The van der Waals surface area contributed by atoms with E-state index in [1.54, 1.807) is 12.3 Å². The fourth-order valence-electron chi connectivity index (χ4n) is 2.48. The zero-order valence-electron chi connectivity index (χ0n) is 11.2. The van der Waals surface area contributed by atoms with Crippen molar-refractivity contribution in [2.75, 3.05) is 29.9 Å². The number of para-hydroxylation sites is 2. The summed E-state index contributed by atoms with van der Waals surface area (Å²) >= 11 is 0. The zero-order valence-corrected chi connectivity index (χ0v) is 11.2. The summed E-state index contributed by atoms with van der Waals surface area (Å²) in [6, 6.07) is 11.6. The summed E-state index contributed by atoms with van der Waals surface area (Å²) in [6.07, 6.45) is 1.54. The second-order valence-electron chi connectivity index (χ2n) is 4.77. The maximum atomic E-state index is 11.0. The van der Waals surface area contributed by atoms with Gasteiger partial charge in [0.2, 0.25) is 0 Å². The van der Waals surface area contributed by atoms with E-state index >= 15 is 0 Å². The summed E-state index contributed by atoms with van der Waals surface area (Å²) in [5.41, 5.74) is 3.16. The van der Waals surface area contributed by atoms with Gasteiger partial charge in [-0.3, -0.25) is 0 Å². The summed E-state index contributed by atoms with van der Waals surface area (Å²) in [5, 5.41) is 9.06. The summed E-state index contributed by atoms with van der Waals surface area (Å²) in [5.74, 6) is -1.01. The topological polar surface area (TPSA) is 56.7 Å². The second kappa shape index (κ2) is 4.85. The number of likely N-dealkylation sites (N-methyl/N-ethyl adjacent to an activating group) is 1. The Hall–Kier alpha value is -2.56. The Morgan fingerprint density at radius 3 is 2.70 bits per heavy atom. The van der Waals surface area contributed by atoms with Gasteiger partial charge < -0.3 is 14.9 Å². The van der Waals surface area contributed by atoms with Gasteiger partial charge in [0.1, 0.15) is 5.69 Å². The number of carboxylic acid groups (broad SMARTS) is 1. The number of carboxylic acids is 1. The molecule has 0 radical (unpaired) electrons. The first-order valence-electron chi connectivity index (χ1n) is 6.44. The molecule has 5 heteroatoms. The first kappa shape index (κ1) is 12.5. The molecule has 0 saturated heterocycles. The van der Waals surface area contributed by atoms with E-state index in [-0.39, 0.29) is 5.69 Å². The van der Waals surface area contributed by atoms with Crippen LogP contribution in [0.25, 0.3) is 0 Å². The second-order valence-corrected chi connectivity index (χ2v) is 4.77. The van der Waals surface area contributed by atoms with E-state index < -0.39 is 5.97 Å². The van der Waals surface area contributed by atoms with Crippen LogP contribution in [0, 0.1) is 0 Å². The molecule has 2 heterocycles. The highest BCUT2D eigenvalue weighted by Crippen LogP contribution is 2.36. The number of fused-ring (bicyclic) bond motifs is 1. The van der Waals surface area contributed by atoms with Crippen molar-refractivity contribution in [3.63, 3.8) is 0 Å². The Morgan fingerprint density at radius 2 is 1.95 bits per heavy atom. The van der Waals surface area contributed by atoms with Gasteiger partial charge in [0.05, 0.1) is 11.4 Å². The zero-order chi connectivity index (χ0) is 14.1. The number of benzene rings is 1. The Balaban J connectivity index is 2.05. The standard InChI is InChI=1S/C15H15N3O2/c1-17-8-9-18(14-5-3-2-4-13(14)17)11-6-7-16-12(10-11)15(19)20/h2-7,10H,8-9H2,1H3,(H,19,20). The van der Waals surface area contributed by atoms with E-state index in [9.17, 15) is 4.79 Å². The quantitative estimate of drug-likeness (QED) is 0.907. The molecule has 2 aromatic rings. The molecule has 0 aliphatic carbocycles. The van der Waals surface area contributed by atoms with E-state index in [1.165, 1.54) is 0 Å². The van der Waals surface area contributed by atoms with E-state index in [0.29, 0.717) is 0 Å². The van der Waals surface area contributed by atoms with Crippen molar-refractivity contribution in [1.82, 2.24) is 4.98 Å². The normalized spacial score (nSPS) is 14.1. The van der Waals surface area contributed by atoms with Crippen LogP contribution in [-0.2, 0) is 0 Å². The number of pyridine rings is 1. The Kier molecular flexibility index (Phi) is 3.02. The highest BCUT2D eigenvalue weighted by atomic mass is 16.4. The van der Waals surface area contributed by atoms with Crippen LogP contribution in [0.15, 0.2) is 42.6 Å². The molecular formula is C15H15N3O2. The fourth-order valence-corrected chi connectivity index (χ4v) is 2.48. The molecule has 0 spiro atoms. The van der Waals surface area contributed by atoms with Crippen LogP contribution < -0.4 is 9.80 Å². The van der Waals surface area contributed by atoms with Crippen LogP contribution in [-0.4, -0.2) is 36.2 Å². The van der Waals surface area contributed by atoms with Gasteiger partial charge in [-0.25, -0.2) is 9.78 Å². The van der Waals surface area contributed by atoms with Crippen LogP contribution in [0.1, 0.15) is 10.5 Å². The van der Waals surface area contributed by atoms with Gasteiger partial charge >= 0.3 is 5.97 Å². The third kappa shape index (κ3) is 2.07. The molecule has 1 aromatic heterocycles. The highest BCUT2D eigenvalue weighted by molar-refractivity contribution is 5.87. The lowest BCUT2D eigenvalue weighted by atomic mass is 10.1. The third-order valence-corrected chi connectivity index (χ3v) is 3.52. The summed E-state index contributed by atoms with van der Waals surface area (Å²) in [7, 11) is 2.06. The van der Waals surface area contributed by atoms with Gasteiger partial charge in [0.15, 0.2) is 0 Å². The minimum Gasteiger partial charge on any atom is -0.477 e. The first-order valence-corrected chi connectivity index (χ1v) is 6.44. The lowest BCUT2D eigenvalue weighted by Gasteiger charge is -2.37. The molecule has 0 fully saturated rings. The molecule has 0 bridgehead atoms. The summed E-state index contributed by atoms with van der Waals surface area (Å²) in [6.45, 7) is 1.71. The molecule has 0 saturated carbocycles. The number of nitrogens with zero attached hydrogens (tertiary/aromatic N) is 3. The monoisotopic (exact) mass is 269 g/mol. The summed E-state index contributed by atoms with van der Waals surface area (Å²) in [4.78, 5) is 19.2.